The van der Waals surface area contributed by atoms with Crippen LogP contribution in [0.2, 0.25) is 0 Å². The van der Waals surface area contributed by atoms with Crippen LogP contribution >= 0.6 is 31.9 Å². The fourth-order valence-electron chi connectivity index (χ4n) is 1.80. The number of rotatable bonds is 1. The number of carbonyl (C=O) groups is 1. The second-order valence-electron chi connectivity index (χ2n) is 3.96. The molecule has 18 heavy (non-hydrogen) atoms. The van der Waals surface area contributed by atoms with Gasteiger partial charge in [0.15, 0.2) is 5.78 Å². The van der Waals surface area contributed by atoms with Crippen LogP contribution in [0, 0.1) is 5.92 Å². The van der Waals surface area contributed by atoms with Gasteiger partial charge in [0, 0.05) is 4.47 Å². The summed E-state index contributed by atoms with van der Waals surface area (Å²) in [6.07, 6.45) is -5.53. The number of Topliss-reactive ketones (excluding diaryl/α,β-unsaturated/α-hetero) is 1. The Morgan fingerprint density at radius 2 is 2.00 bits per heavy atom. The number of alkyl halides is 3. The average Bonchev–Trinajstić information content (AvgIpc) is 2.21. The third-order valence-corrected chi connectivity index (χ3v) is 3.60. The molecule has 0 aromatic heterocycles. The van der Waals surface area contributed by atoms with Crippen LogP contribution in [0.25, 0.3) is 0 Å². The Hall–Kier alpha value is -0.560. The quantitative estimate of drug-likeness (QED) is 0.715. The van der Waals surface area contributed by atoms with Crippen LogP contribution in [0.5, 0.6) is 5.75 Å². The molecule has 2 rings (SSSR count). The van der Waals surface area contributed by atoms with Crippen LogP contribution in [0.1, 0.15) is 16.8 Å². The summed E-state index contributed by atoms with van der Waals surface area (Å²) < 4.78 is 43.4. The van der Waals surface area contributed by atoms with Crippen molar-refractivity contribution in [2.75, 3.05) is 6.61 Å². The molecule has 0 fully saturated rings. The molecule has 0 saturated heterocycles. The van der Waals surface area contributed by atoms with Crippen LogP contribution in [0.3, 0.4) is 0 Å². The van der Waals surface area contributed by atoms with Crippen molar-refractivity contribution < 1.29 is 22.7 Å². The van der Waals surface area contributed by atoms with Gasteiger partial charge in [0.25, 0.3) is 0 Å². The van der Waals surface area contributed by atoms with E-state index >= 15 is 0 Å². The molecular weight excluding hydrogens is 381 g/mol. The Kier molecular flexibility index (Phi) is 3.73. The average molecular weight is 388 g/mol. The molecular formula is C11H7Br2F3O2. The number of fused-ring (bicyclic) bond motifs is 1. The lowest BCUT2D eigenvalue weighted by molar-refractivity contribution is -0.143. The fourth-order valence-corrected chi connectivity index (χ4v) is 3.14. The molecule has 1 aliphatic rings. The molecule has 0 saturated carbocycles. The standard InChI is InChI=1S/C11H7Br2F3O2/c12-6-1-7-9(17)5(3-11(14,15)16)4-18-10(7)8(13)2-6/h1-2,5H,3-4H2. The third-order valence-electron chi connectivity index (χ3n) is 2.55. The second kappa shape index (κ2) is 4.85. The zero-order valence-electron chi connectivity index (χ0n) is 8.85. The predicted octanol–water partition coefficient (Wildman–Crippen LogP) is 4.36. The van der Waals surface area contributed by atoms with E-state index in [-0.39, 0.29) is 12.2 Å². The number of benzene rings is 1. The van der Waals surface area contributed by atoms with E-state index in [2.05, 4.69) is 31.9 Å². The molecule has 0 spiro atoms. The molecule has 0 radical (unpaired) electrons. The van der Waals surface area contributed by atoms with Gasteiger partial charge in [-0.15, -0.1) is 0 Å². The number of carbonyl (C=O) groups excluding carboxylic acids is 1. The van der Waals surface area contributed by atoms with Crippen molar-refractivity contribution in [3.8, 4) is 5.75 Å². The molecule has 1 aromatic carbocycles. The van der Waals surface area contributed by atoms with Crippen LogP contribution in [0.15, 0.2) is 21.1 Å². The predicted molar refractivity (Wildman–Crippen MR) is 65.8 cm³/mol. The van der Waals surface area contributed by atoms with Gasteiger partial charge in [0.05, 0.1) is 29.0 Å². The van der Waals surface area contributed by atoms with E-state index < -0.39 is 24.3 Å². The number of ketones is 1. The van der Waals surface area contributed by atoms with Gasteiger partial charge in [0.2, 0.25) is 0 Å². The maximum absolute atomic E-state index is 12.3. The van der Waals surface area contributed by atoms with Crippen molar-refractivity contribution >= 4 is 37.6 Å². The summed E-state index contributed by atoms with van der Waals surface area (Å²) in [7, 11) is 0. The SMILES string of the molecule is O=C1c2cc(Br)cc(Br)c2OCC1CC(F)(F)F. The van der Waals surface area contributed by atoms with Crippen LogP contribution in [0.4, 0.5) is 13.2 Å². The van der Waals surface area contributed by atoms with Crippen LogP contribution in [-0.4, -0.2) is 18.6 Å². The van der Waals surface area contributed by atoms with Gasteiger partial charge >= 0.3 is 6.18 Å². The van der Waals surface area contributed by atoms with E-state index in [4.69, 9.17) is 4.74 Å². The number of halogens is 5. The van der Waals surface area contributed by atoms with Gasteiger partial charge in [-0.1, -0.05) is 15.9 Å². The maximum atomic E-state index is 12.3. The van der Waals surface area contributed by atoms with E-state index in [1.165, 1.54) is 6.07 Å². The Morgan fingerprint density at radius 3 is 2.61 bits per heavy atom. The molecule has 1 aromatic rings. The first kappa shape index (κ1) is 13.9. The molecule has 1 atom stereocenters. The molecule has 1 aliphatic heterocycles. The summed E-state index contributed by atoms with van der Waals surface area (Å²) in [5.41, 5.74) is 0.178. The zero-order valence-corrected chi connectivity index (χ0v) is 12.0. The minimum Gasteiger partial charge on any atom is -0.491 e. The molecule has 2 nitrogen and oxygen atoms in total. The Morgan fingerprint density at radius 1 is 1.33 bits per heavy atom. The van der Waals surface area contributed by atoms with Gasteiger partial charge in [-0.3, -0.25) is 4.79 Å². The van der Waals surface area contributed by atoms with Crippen molar-refractivity contribution in [1.82, 2.24) is 0 Å². The minimum absolute atomic E-state index is 0.178. The first-order chi connectivity index (χ1) is 8.28. The zero-order chi connectivity index (χ0) is 13.5. The maximum Gasteiger partial charge on any atom is 0.389 e. The van der Waals surface area contributed by atoms with Crippen molar-refractivity contribution in [3.63, 3.8) is 0 Å². The highest BCUT2D eigenvalue weighted by Crippen LogP contribution is 2.39. The van der Waals surface area contributed by atoms with Crippen LogP contribution in [-0.2, 0) is 0 Å². The lowest BCUT2D eigenvalue weighted by Gasteiger charge is -2.25. The Labute approximate surface area is 118 Å². The lowest BCUT2D eigenvalue weighted by Crippen LogP contribution is -2.32. The summed E-state index contributed by atoms with van der Waals surface area (Å²) in [4.78, 5) is 12.0. The summed E-state index contributed by atoms with van der Waals surface area (Å²) in [6, 6.07) is 3.15. The number of hydrogen-bond acceptors (Lipinski definition) is 2. The van der Waals surface area contributed by atoms with E-state index in [0.717, 1.165) is 0 Å². The summed E-state index contributed by atoms with van der Waals surface area (Å²) >= 11 is 6.40. The van der Waals surface area contributed by atoms with E-state index in [1.54, 1.807) is 6.07 Å². The highest BCUT2D eigenvalue weighted by atomic mass is 79.9. The molecule has 98 valence electrons. The summed E-state index contributed by atoms with van der Waals surface area (Å²) in [5.74, 6) is -1.39. The number of hydrogen-bond donors (Lipinski definition) is 0. The van der Waals surface area contributed by atoms with Gasteiger partial charge in [-0.05, 0) is 28.1 Å². The third kappa shape index (κ3) is 2.88. The molecule has 1 unspecified atom stereocenters. The topological polar surface area (TPSA) is 26.3 Å². The second-order valence-corrected chi connectivity index (χ2v) is 5.73. The molecule has 7 heteroatoms. The van der Waals surface area contributed by atoms with Crippen molar-refractivity contribution in [2.24, 2.45) is 5.92 Å². The van der Waals surface area contributed by atoms with E-state index in [1.807, 2.05) is 0 Å². The fraction of sp³-hybridized carbons (Fsp3) is 0.364. The minimum atomic E-state index is -4.37. The summed E-state index contributed by atoms with van der Waals surface area (Å²) in [6.45, 7) is -0.244. The van der Waals surface area contributed by atoms with E-state index in [9.17, 15) is 18.0 Å². The largest absolute Gasteiger partial charge is 0.491 e. The molecule has 0 bridgehead atoms. The summed E-state index contributed by atoms with van der Waals surface area (Å²) in [5, 5.41) is 0. The molecule has 0 N–H and O–H groups in total. The molecule has 1 heterocycles. The number of ether oxygens (including phenoxy) is 1. The first-order valence-electron chi connectivity index (χ1n) is 5.01. The Bertz CT molecular complexity index is 500. The van der Waals surface area contributed by atoms with E-state index in [0.29, 0.717) is 14.7 Å². The highest BCUT2D eigenvalue weighted by Gasteiger charge is 2.39. The molecule has 0 aliphatic carbocycles. The highest BCUT2D eigenvalue weighted by molar-refractivity contribution is 9.11. The van der Waals surface area contributed by atoms with Gasteiger partial charge in [-0.2, -0.15) is 13.2 Å². The van der Waals surface area contributed by atoms with Crippen LogP contribution < -0.4 is 4.74 Å². The van der Waals surface area contributed by atoms with Crippen molar-refractivity contribution in [1.29, 1.82) is 0 Å². The van der Waals surface area contributed by atoms with Crippen molar-refractivity contribution in [2.45, 2.75) is 12.6 Å². The normalized spacial score (nSPS) is 19.4. The smallest absolute Gasteiger partial charge is 0.389 e. The van der Waals surface area contributed by atoms with Gasteiger partial charge in [0.1, 0.15) is 5.75 Å². The van der Waals surface area contributed by atoms with Crippen molar-refractivity contribution in [3.05, 3.63) is 26.6 Å². The van der Waals surface area contributed by atoms with Gasteiger partial charge in [-0.25, -0.2) is 0 Å². The van der Waals surface area contributed by atoms with Gasteiger partial charge < -0.3 is 4.74 Å². The lowest BCUT2D eigenvalue weighted by atomic mass is 9.92. The first-order valence-corrected chi connectivity index (χ1v) is 6.59. The monoisotopic (exact) mass is 386 g/mol. The Balaban J connectivity index is 2.34. The molecule has 0 amide bonds.